The second-order valence-electron chi connectivity index (χ2n) is 6.02. The first-order valence-electron chi connectivity index (χ1n) is 7.81. The fourth-order valence-electron chi connectivity index (χ4n) is 2.71. The number of nitrogens with one attached hydrogen (secondary N) is 1. The van der Waals surface area contributed by atoms with Gasteiger partial charge in [0.1, 0.15) is 0 Å². The average molecular weight is 325 g/mol. The topological polar surface area (TPSA) is 41.6 Å². The van der Waals surface area contributed by atoms with Crippen LogP contribution in [0.4, 0.5) is 0 Å². The summed E-state index contributed by atoms with van der Waals surface area (Å²) in [5, 5.41) is 4.06. The van der Waals surface area contributed by atoms with Crippen LogP contribution in [0.2, 0.25) is 5.02 Å². The Bertz CT molecular complexity index is 486. The van der Waals surface area contributed by atoms with Crippen LogP contribution in [0.1, 0.15) is 31.7 Å². The van der Waals surface area contributed by atoms with E-state index in [0.29, 0.717) is 13.0 Å². The Hall–Kier alpha value is -1.10. The number of rotatable bonds is 5. The molecule has 5 heteroatoms. The summed E-state index contributed by atoms with van der Waals surface area (Å²) < 4.78 is 5.41. The first kappa shape index (κ1) is 17.3. The van der Waals surface area contributed by atoms with Gasteiger partial charge in [0.25, 0.3) is 0 Å². The highest BCUT2D eigenvalue weighted by Gasteiger charge is 2.25. The molecule has 3 atom stereocenters. The normalized spacial score (nSPS) is 21.2. The monoisotopic (exact) mass is 324 g/mol. The van der Waals surface area contributed by atoms with E-state index in [1.807, 2.05) is 36.2 Å². The van der Waals surface area contributed by atoms with Gasteiger partial charge in [0.05, 0.1) is 13.2 Å². The summed E-state index contributed by atoms with van der Waals surface area (Å²) >= 11 is 5.93. The molecule has 4 nitrogen and oxygen atoms in total. The summed E-state index contributed by atoms with van der Waals surface area (Å²) in [6, 6.07) is 8.09. The van der Waals surface area contributed by atoms with Gasteiger partial charge in [-0.3, -0.25) is 4.79 Å². The molecule has 0 saturated carbocycles. The fraction of sp³-hybridized carbons (Fsp3) is 0.588. The van der Waals surface area contributed by atoms with Crippen LogP contribution in [-0.4, -0.2) is 49.7 Å². The number of nitrogens with zero attached hydrogens (tertiary/aromatic N) is 1. The molecule has 1 N–H and O–H groups in total. The lowest BCUT2D eigenvalue weighted by molar-refractivity contribution is -0.133. The van der Waals surface area contributed by atoms with E-state index in [0.717, 1.165) is 18.2 Å². The third-order valence-electron chi connectivity index (χ3n) is 4.54. The molecule has 1 saturated heterocycles. The predicted octanol–water partition coefficient (Wildman–Crippen LogP) is 2.67. The summed E-state index contributed by atoms with van der Waals surface area (Å²) in [6.07, 6.45) is 0.480. The quantitative estimate of drug-likeness (QED) is 0.905. The summed E-state index contributed by atoms with van der Waals surface area (Å²) in [6.45, 7) is 6.38. The van der Waals surface area contributed by atoms with E-state index in [2.05, 4.69) is 19.2 Å². The van der Waals surface area contributed by atoms with E-state index < -0.39 is 0 Å². The van der Waals surface area contributed by atoms with Crippen LogP contribution in [0.5, 0.6) is 0 Å². The zero-order valence-corrected chi connectivity index (χ0v) is 14.3. The van der Waals surface area contributed by atoms with Gasteiger partial charge in [-0.25, -0.2) is 0 Å². The molecule has 1 fully saturated rings. The van der Waals surface area contributed by atoms with E-state index in [4.69, 9.17) is 16.3 Å². The molecule has 0 radical (unpaired) electrons. The molecule has 0 bridgehead atoms. The van der Waals surface area contributed by atoms with Crippen LogP contribution in [0.3, 0.4) is 0 Å². The maximum Gasteiger partial charge on any atom is 0.224 e. The number of carbonyl (C=O) groups excluding carboxylic acids is 1. The lowest BCUT2D eigenvalue weighted by Gasteiger charge is -2.32. The summed E-state index contributed by atoms with van der Waals surface area (Å²) in [5.74, 6) is 0.401. The molecule has 2 rings (SSSR count). The highest BCUT2D eigenvalue weighted by atomic mass is 35.5. The van der Waals surface area contributed by atoms with Crippen molar-refractivity contribution in [2.45, 2.75) is 38.3 Å². The van der Waals surface area contributed by atoms with Crippen molar-refractivity contribution in [2.75, 3.05) is 26.8 Å². The van der Waals surface area contributed by atoms with Gasteiger partial charge in [-0.1, -0.05) is 30.7 Å². The van der Waals surface area contributed by atoms with Crippen molar-refractivity contribution in [2.24, 2.45) is 0 Å². The molecule has 1 aromatic carbocycles. The minimum atomic E-state index is 0.123. The zero-order valence-electron chi connectivity index (χ0n) is 13.5. The molecular formula is C17H25ClN2O2. The first-order valence-corrected chi connectivity index (χ1v) is 8.19. The Labute approximate surface area is 137 Å². The molecular weight excluding hydrogens is 300 g/mol. The van der Waals surface area contributed by atoms with Gasteiger partial charge < -0.3 is 15.0 Å². The van der Waals surface area contributed by atoms with Gasteiger partial charge in [0.15, 0.2) is 0 Å². The van der Waals surface area contributed by atoms with Gasteiger partial charge in [-0.2, -0.15) is 0 Å². The number of hydrogen-bond donors (Lipinski definition) is 1. The largest absolute Gasteiger partial charge is 0.378 e. The summed E-state index contributed by atoms with van der Waals surface area (Å²) in [4.78, 5) is 14.3. The number of carbonyl (C=O) groups is 1. The van der Waals surface area contributed by atoms with Crippen LogP contribution in [0, 0.1) is 0 Å². The van der Waals surface area contributed by atoms with Crippen LogP contribution in [-0.2, 0) is 9.53 Å². The minimum Gasteiger partial charge on any atom is -0.378 e. The number of likely N-dealkylation sites (N-methyl/N-ethyl adjacent to an activating group) is 1. The molecule has 1 aromatic rings. The zero-order chi connectivity index (χ0) is 16.1. The average Bonchev–Trinajstić information content (AvgIpc) is 2.54. The molecule has 22 heavy (non-hydrogen) atoms. The van der Waals surface area contributed by atoms with E-state index in [-0.39, 0.29) is 23.9 Å². The number of benzene rings is 1. The van der Waals surface area contributed by atoms with Gasteiger partial charge >= 0.3 is 0 Å². The molecule has 3 unspecified atom stereocenters. The van der Waals surface area contributed by atoms with Crippen LogP contribution >= 0.6 is 11.6 Å². The Kier molecular flexibility index (Phi) is 6.24. The number of hydrogen-bond acceptors (Lipinski definition) is 3. The third-order valence-corrected chi connectivity index (χ3v) is 4.80. The number of morpholine rings is 1. The SMILES string of the molecule is CC(c1ccc(Cl)cc1)C(C)N(C)C(=O)CC1COCCN1. The highest BCUT2D eigenvalue weighted by Crippen LogP contribution is 2.24. The standard InChI is InChI=1S/C17H25ClN2O2/c1-12(14-4-6-15(18)7-5-14)13(2)20(3)17(21)10-16-11-22-9-8-19-16/h4-7,12-13,16,19H,8-11H2,1-3H3. The molecule has 1 amide bonds. The number of ether oxygens (including phenoxy) is 1. The van der Waals surface area contributed by atoms with Crippen molar-refractivity contribution < 1.29 is 9.53 Å². The van der Waals surface area contributed by atoms with Gasteiger partial charge in [0, 0.05) is 43.0 Å². The van der Waals surface area contributed by atoms with Crippen LogP contribution in [0.15, 0.2) is 24.3 Å². The predicted molar refractivity (Wildman–Crippen MR) is 89.3 cm³/mol. The van der Waals surface area contributed by atoms with Gasteiger partial charge in [-0.15, -0.1) is 0 Å². The summed E-state index contributed by atoms with van der Waals surface area (Å²) in [5.41, 5.74) is 1.19. The van der Waals surface area contributed by atoms with Gasteiger partial charge in [-0.05, 0) is 24.6 Å². The van der Waals surface area contributed by atoms with Crippen molar-refractivity contribution in [3.8, 4) is 0 Å². The second kappa shape index (κ2) is 7.95. The van der Waals surface area contributed by atoms with Crippen molar-refractivity contribution in [3.05, 3.63) is 34.9 Å². The lowest BCUT2D eigenvalue weighted by atomic mass is 9.93. The van der Waals surface area contributed by atoms with Gasteiger partial charge in [0.2, 0.25) is 5.91 Å². The van der Waals surface area contributed by atoms with Crippen LogP contribution < -0.4 is 5.32 Å². The first-order chi connectivity index (χ1) is 10.5. The fourth-order valence-corrected chi connectivity index (χ4v) is 2.84. The Morgan fingerprint density at radius 3 is 2.68 bits per heavy atom. The van der Waals surface area contributed by atoms with E-state index in [9.17, 15) is 4.79 Å². The Morgan fingerprint density at radius 2 is 2.09 bits per heavy atom. The van der Waals surface area contributed by atoms with Crippen molar-refractivity contribution in [1.82, 2.24) is 10.2 Å². The maximum absolute atomic E-state index is 12.5. The van der Waals surface area contributed by atoms with Crippen molar-refractivity contribution in [1.29, 1.82) is 0 Å². The molecule has 1 aliphatic heterocycles. The van der Waals surface area contributed by atoms with Crippen LogP contribution in [0.25, 0.3) is 0 Å². The number of halogens is 1. The maximum atomic E-state index is 12.5. The molecule has 1 aliphatic rings. The summed E-state index contributed by atoms with van der Waals surface area (Å²) in [7, 11) is 1.88. The highest BCUT2D eigenvalue weighted by molar-refractivity contribution is 6.30. The van der Waals surface area contributed by atoms with E-state index in [1.54, 1.807) is 0 Å². The molecule has 122 valence electrons. The Balaban J connectivity index is 1.93. The van der Waals surface area contributed by atoms with Crippen molar-refractivity contribution >= 4 is 17.5 Å². The molecule has 0 spiro atoms. The smallest absolute Gasteiger partial charge is 0.224 e. The minimum absolute atomic E-state index is 0.123. The van der Waals surface area contributed by atoms with E-state index in [1.165, 1.54) is 5.56 Å². The third kappa shape index (κ3) is 4.45. The lowest BCUT2D eigenvalue weighted by Crippen LogP contribution is -2.46. The number of amides is 1. The Morgan fingerprint density at radius 1 is 1.41 bits per heavy atom. The molecule has 0 aromatic heterocycles. The molecule has 0 aliphatic carbocycles. The molecule has 1 heterocycles. The second-order valence-corrected chi connectivity index (χ2v) is 6.45. The van der Waals surface area contributed by atoms with Crippen molar-refractivity contribution in [3.63, 3.8) is 0 Å². The van der Waals surface area contributed by atoms with E-state index >= 15 is 0 Å².